The number of aromatic nitrogens is 12. The molecule has 8 heterocycles. The molecule has 76 heavy (non-hydrogen) atoms. The van der Waals surface area contributed by atoms with Gasteiger partial charge in [0.1, 0.15) is 61.2 Å². The van der Waals surface area contributed by atoms with Gasteiger partial charge in [-0.15, -0.1) is 0 Å². The summed E-state index contributed by atoms with van der Waals surface area (Å²) in [5.74, 6) is -0.709. The average Bonchev–Trinajstić information content (AvgIpc) is 4.15. The number of ether oxygens (including phenoxy) is 5. The number of rotatable bonds is 24. The molecule has 0 radical (unpaired) electrons. The summed E-state index contributed by atoms with van der Waals surface area (Å²) in [7, 11) is -20.3. The quantitative estimate of drug-likeness (QED) is 0.0200. The standard InChI is InChI=1S/C33H47N15O24P4/c1-45-12-48(27-19(45)29(53)44-33(36)42-27)16(4-49)67-13(5-62-2)6-64-74(56,57)71-76(60,61)72-75(58,59)66-8-15-22(23(63-3)31(69-15)46-10-39-17-24(34)37-9-38-25(17)46)70-73(54,55)65-7-14-20(50)21(51)30(68-14)47-11-40-18-26(47)41-32(35)43-28(18)52/h9-16,20-23,30-31,49-51H,4-8H2,1-3H3,(H11-,34,35,36,37,38,41,42,43,44,52,53,54,55,56,57,58,59,60,61)/p-1/t13-,14+,15+,16+,20-,21?,22-,23?,30+,31+/m0/s1. The van der Waals surface area contributed by atoms with E-state index in [2.05, 4.69) is 53.0 Å². The van der Waals surface area contributed by atoms with Crippen LogP contribution in [-0.2, 0) is 75.7 Å². The molecule has 2 fully saturated rings. The Balaban J connectivity index is 0.937. The van der Waals surface area contributed by atoms with Crippen molar-refractivity contribution < 1.29 is 108 Å². The third-order valence-corrected chi connectivity index (χ3v) is 16.3. The van der Waals surface area contributed by atoms with Crippen molar-refractivity contribution in [2.24, 2.45) is 7.05 Å². The van der Waals surface area contributed by atoms with E-state index >= 15 is 0 Å². The third-order valence-electron chi connectivity index (χ3n) is 11.1. The fraction of sp³-hybridized carbons (Fsp3) is 0.545. The van der Waals surface area contributed by atoms with Crippen molar-refractivity contribution in [3.05, 3.63) is 46.0 Å². The largest absolute Gasteiger partial charge is 0.756 e. The lowest BCUT2D eigenvalue weighted by molar-refractivity contribution is -0.746. The van der Waals surface area contributed by atoms with Gasteiger partial charge in [0.25, 0.3) is 32.7 Å². The first-order chi connectivity index (χ1) is 35.7. The number of hydrogen-bond donors (Lipinski definition) is 10. The minimum Gasteiger partial charge on any atom is -0.756 e. The lowest BCUT2D eigenvalue weighted by Gasteiger charge is -2.31. The highest BCUT2D eigenvalue weighted by Gasteiger charge is 2.51. The number of nitrogens with one attached hydrogen (secondary N) is 2. The summed E-state index contributed by atoms with van der Waals surface area (Å²) in [6.07, 6.45) is -12.0. The molecule has 6 unspecified atom stereocenters. The number of aliphatic hydroxyl groups excluding tert-OH is 3. The second-order valence-corrected chi connectivity index (χ2v) is 22.2. The molecule has 0 aromatic carbocycles. The van der Waals surface area contributed by atoms with Crippen LogP contribution in [0.2, 0.25) is 0 Å². The van der Waals surface area contributed by atoms with E-state index in [9.17, 15) is 62.7 Å². The van der Waals surface area contributed by atoms with Crippen LogP contribution < -0.4 is 42.7 Å². The van der Waals surface area contributed by atoms with Crippen LogP contribution in [0.3, 0.4) is 0 Å². The minimum absolute atomic E-state index is 0.00651. The van der Waals surface area contributed by atoms with Crippen molar-refractivity contribution in [2.45, 2.75) is 61.4 Å². The molecular formula is C33H46N15O24P4-. The van der Waals surface area contributed by atoms with E-state index in [1.54, 1.807) is 0 Å². The van der Waals surface area contributed by atoms with Crippen LogP contribution in [0.25, 0.3) is 33.5 Å². The van der Waals surface area contributed by atoms with Gasteiger partial charge in [-0.1, -0.05) is 4.98 Å². The molecule has 418 valence electrons. The summed E-state index contributed by atoms with van der Waals surface area (Å²) < 4.78 is 114. The number of methoxy groups -OCH3 is 2. The maximum atomic E-state index is 13.6. The van der Waals surface area contributed by atoms with Gasteiger partial charge in [-0.05, 0) is 0 Å². The second-order valence-electron chi connectivity index (χ2n) is 16.2. The van der Waals surface area contributed by atoms with Gasteiger partial charge in [0.05, 0.1) is 46.1 Å². The summed E-state index contributed by atoms with van der Waals surface area (Å²) in [5.41, 5.74) is 15.5. The maximum Gasteiger partial charge on any atom is 0.487 e. The molecule has 43 heteroatoms. The number of aliphatic hydroxyl groups is 3. The van der Waals surface area contributed by atoms with Gasteiger partial charge in [0.15, 0.2) is 41.4 Å². The third kappa shape index (κ3) is 12.3. The lowest BCUT2D eigenvalue weighted by Crippen LogP contribution is -2.46. The molecule has 2 saturated heterocycles. The molecule has 14 atom stereocenters. The number of imidazole rings is 3. The number of hydrogen-bond acceptors (Lipinski definition) is 31. The molecule has 0 saturated carbocycles. The average molecular weight is 1160 g/mol. The van der Waals surface area contributed by atoms with Gasteiger partial charge >= 0.3 is 21.3 Å². The number of aryl methyl sites for hydroxylation is 1. The summed E-state index contributed by atoms with van der Waals surface area (Å²) in [5, 5.41) is 31.9. The first-order valence-corrected chi connectivity index (χ1v) is 27.3. The monoisotopic (exact) mass is 1160 g/mol. The van der Waals surface area contributed by atoms with Crippen LogP contribution in [-0.4, -0.2) is 169 Å². The van der Waals surface area contributed by atoms with Crippen molar-refractivity contribution in [1.29, 1.82) is 0 Å². The first-order valence-electron chi connectivity index (χ1n) is 21.4. The van der Waals surface area contributed by atoms with Crippen molar-refractivity contribution in [3.63, 3.8) is 0 Å². The van der Waals surface area contributed by atoms with Crippen LogP contribution in [0.4, 0.5) is 17.7 Å². The molecule has 13 N–H and O–H groups in total. The van der Waals surface area contributed by atoms with Crippen LogP contribution >= 0.6 is 31.3 Å². The molecule has 6 aromatic heterocycles. The Kier molecular flexibility index (Phi) is 16.7. The highest BCUT2D eigenvalue weighted by Crippen LogP contribution is 2.66. The van der Waals surface area contributed by atoms with E-state index in [1.807, 2.05) is 0 Å². The van der Waals surface area contributed by atoms with Crippen molar-refractivity contribution in [2.75, 3.05) is 64.5 Å². The summed E-state index contributed by atoms with van der Waals surface area (Å²) in [6, 6.07) is 0. The molecular weight excluding hydrogens is 1110 g/mol. The van der Waals surface area contributed by atoms with E-state index in [0.717, 1.165) is 30.7 Å². The van der Waals surface area contributed by atoms with Gasteiger partial charge in [-0.3, -0.25) is 46.9 Å². The summed E-state index contributed by atoms with van der Waals surface area (Å²) in [4.78, 5) is 101. The lowest BCUT2D eigenvalue weighted by atomic mass is 10.1. The highest BCUT2D eigenvalue weighted by molar-refractivity contribution is 7.66. The molecule has 0 amide bonds. The molecule has 2 aliphatic rings. The van der Waals surface area contributed by atoms with E-state index < -0.39 is 137 Å². The Labute approximate surface area is 422 Å². The van der Waals surface area contributed by atoms with E-state index in [-0.39, 0.29) is 51.2 Å². The predicted octanol–water partition coefficient (Wildman–Crippen LogP) is -5.07. The molecule has 0 spiro atoms. The number of nitrogen functional groups attached to an aromatic ring is 3. The zero-order valence-electron chi connectivity index (χ0n) is 39.1. The Bertz CT molecular complexity index is 3410. The minimum atomic E-state index is -6.24. The van der Waals surface area contributed by atoms with E-state index in [4.69, 9.17) is 54.5 Å². The second kappa shape index (κ2) is 22.3. The van der Waals surface area contributed by atoms with Crippen molar-refractivity contribution >= 4 is 82.5 Å². The molecule has 0 aliphatic carbocycles. The number of phosphoric ester groups is 3. The van der Waals surface area contributed by atoms with E-state index in [0.29, 0.717) is 0 Å². The Morgan fingerprint density at radius 2 is 1.45 bits per heavy atom. The number of anilines is 3. The molecule has 39 nitrogen and oxygen atoms in total. The SMILES string of the molecule is COC[C@@H](COP(=O)([O-])OP(=O)(O)OP(=O)(O)OC[C@H]1O[C@@H](n2cnc3c(N)ncnc32)C(OC)[C@H]1OP(=O)([O-])OC[C@H]1O[C@@H](n2cnc3c(=O)[nH]c(N)nc32)C(O)[C@H]1O)O[C@H](CO)[n+]1cn(C)c2c(=O)[nH]c(N)nc21. The summed E-state index contributed by atoms with van der Waals surface area (Å²) in [6.45, 7) is -4.66. The number of phosphoric acid groups is 4. The highest BCUT2D eigenvalue weighted by atomic mass is 31.3. The van der Waals surface area contributed by atoms with E-state index in [1.165, 1.54) is 34.2 Å². The smallest absolute Gasteiger partial charge is 0.487 e. The molecule has 8 rings (SSSR count). The Morgan fingerprint density at radius 3 is 2.14 bits per heavy atom. The maximum absolute atomic E-state index is 13.6. The summed E-state index contributed by atoms with van der Waals surface area (Å²) >= 11 is 0. The first kappa shape index (κ1) is 57.0. The number of nitrogens with zero attached hydrogens (tertiary/aromatic N) is 10. The molecule has 6 aromatic rings. The molecule has 0 bridgehead atoms. The zero-order chi connectivity index (χ0) is 55.2. The number of nitrogens with two attached hydrogens (primary N) is 3. The normalized spacial score (nSPS) is 26.1. The number of H-pyrrole nitrogens is 2. The predicted molar refractivity (Wildman–Crippen MR) is 242 cm³/mol. The van der Waals surface area contributed by atoms with Crippen LogP contribution in [0, 0.1) is 0 Å². The zero-order valence-corrected chi connectivity index (χ0v) is 42.7. The van der Waals surface area contributed by atoms with Crippen molar-refractivity contribution in [1.82, 2.24) is 53.6 Å². The van der Waals surface area contributed by atoms with Gasteiger partial charge < -0.3 is 89.3 Å². The van der Waals surface area contributed by atoms with Gasteiger partial charge in [-0.25, -0.2) is 37.9 Å². The van der Waals surface area contributed by atoms with Gasteiger partial charge in [-0.2, -0.15) is 9.29 Å². The van der Waals surface area contributed by atoms with Gasteiger partial charge in [0, 0.05) is 14.2 Å². The fourth-order valence-electron chi connectivity index (χ4n) is 7.94. The number of fused-ring (bicyclic) bond motifs is 3. The van der Waals surface area contributed by atoms with Crippen LogP contribution in [0.15, 0.2) is 34.9 Å². The number of aromatic amines is 2. The Hall–Kier alpha value is -5.15. The topological polar surface area (TPSA) is 557 Å². The molecule has 2 aliphatic heterocycles. The van der Waals surface area contributed by atoms with Crippen LogP contribution in [0.1, 0.15) is 18.7 Å². The fourth-order valence-corrected chi connectivity index (χ4v) is 12.4. The van der Waals surface area contributed by atoms with Gasteiger partial charge in [0.2, 0.25) is 17.7 Å². The van der Waals surface area contributed by atoms with Crippen LogP contribution in [0.5, 0.6) is 0 Å². The Morgan fingerprint density at radius 1 is 0.789 bits per heavy atom. The van der Waals surface area contributed by atoms with Crippen molar-refractivity contribution in [3.8, 4) is 0 Å².